The Bertz CT molecular complexity index is 1650. The highest BCUT2D eigenvalue weighted by molar-refractivity contribution is 5.94. The van der Waals surface area contributed by atoms with E-state index >= 15 is 0 Å². The Hall–Kier alpha value is -4.69. The van der Waals surface area contributed by atoms with Crippen molar-refractivity contribution in [2.45, 2.75) is 32.0 Å². The van der Waals surface area contributed by atoms with Crippen LogP contribution >= 0.6 is 0 Å². The van der Waals surface area contributed by atoms with Gasteiger partial charge in [0, 0.05) is 32.2 Å². The minimum Gasteiger partial charge on any atom is -0.358 e. The molecule has 3 heterocycles. The lowest BCUT2D eigenvalue weighted by atomic mass is 9.93. The first-order valence-electron chi connectivity index (χ1n) is 12.7. The van der Waals surface area contributed by atoms with Crippen LogP contribution in [0.3, 0.4) is 0 Å². The molecular formula is C29H26F2N6O3. The molecule has 0 N–H and O–H groups in total. The number of fused-ring (bicyclic) bond motifs is 1. The number of aryl methyl sites for hydroxylation is 1. The Kier molecular flexibility index (Phi) is 7.04. The monoisotopic (exact) mass is 544 g/mol. The van der Waals surface area contributed by atoms with E-state index in [1.165, 1.54) is 41.9 Å². The summed E-state index contributed by atoms with van der Waals surface area (Å²) in [4.78, 5) is 33.1. The highest BCUT2D eigenvalue weighted by Crippen LogP contribution is 2.39. The summed E-state index contributed by atoms with van der Waals surface area (Å²) in [5, 5.41) is 21.7. The van der Waals surface area contributed by atoms with E-state index in [-0.39, 0.29) is 46.7 Å². The Morgan fingerprint density at radius 2 is 1.55 bits per heavy atom. The number of anilines is 1. The van der Waals surface area contributed by atoms with Crippen LogP contribution in [0.5, 0.6) is 0 Å². The Morgan fingerprint density at radius 3 is 2.08 bits per heavy atom. The van der Waals surface area contributed by atoms with Gasteiger partial charge in [0.15, 0.2) is 5.69 Å². The SMILES string of the molecule is C[C@@H]1CN(c2c([N+](=O)[O-])c(=O)n(C)c3ccc(C#N)nc23)[C@@H](C)CN1C(c1ccc(F)cc1)c1ccc(F)cc1. The molecule has 5 rings (SSSR count). The topological polar surface area (TPSA) is 108 Å². The molecule has 0 amide bonds. The summed E-state index contributed by atoms with van der Waals surface area (Å²) >= 11 is 0. The first-order chi connectivity index (χ1) is 19.1. The predicted molar refractivity (Wildman–Crippen MR) is 146 cm³/mol. The average Bonchev–Trinajstić information content (AvgIpc) is 2.94. The molecule has 0 spiro atoms. The largest absolute Gasteiger partial charge is 0.359 e. The number of piperazine rings is 1. The minimum atomic E-state index is -0.767. The van der Waals surface area contributed by atoms with Gasteiger partial charge in [-0.3, -0.25) is 19.8 Å². The summed E-state index contributed by atoms with van der Waals surface area (Å²) in [7, 11) is 1.44. The zero-order valence-electron chi connectivity index (χ0n) is 22.1. The molecule has 2 atom stereocenters. The fourth-order valence-corrected chi connectivity index (χ4v) is 5.57. The molecule has 0 bridgehead atoms. The second-order valence-electron chi connectivity index (χ2n) is 10.0. The molecule has 2 aromatic carbocycles. The molecule has 0 saturated carbocycles. The first kappa shape index (κ1) is 26.9. The van der Waals surface area contributed by atoms with Crippen molar-refractivity contribution in [3.05, 3.63) is 110 Å². The van der Waals surface area contributed by atoms with Crippen LogP contribution in [0.25, 0.3) is 11.0 Å². The third kappa shape index (κ3) is 4.67. The minimum absolute atomic E-state index is 0.0775. The van der Waals surface area contributed by atoms with E-state index in [1.807, 2.05) is 24.8 Å². The van der Waals surface area contributed by atoms with Gasteiger partial charge in [-0.15, -0.1) is 0 Å². The van der Waals surface area contributed by atoms with Crippen LogP contribution < -0.4 is 10.5 Å². The smallest absolute Gasteiger partial charge is 0.358 e. The van der Waals surface area contributed by atoms with Crippen molar-refractivity contribution >= 4 is 22.4 Å². The number of rotatable bonds is 5. The fourth-order valence-electron chi connectivity index (χ4n) is 5.57. The van der Waals surface area contributed by atoms with Crippen LogP contribution in [0.2, 0.25) is 0 Å². The third-order valence-corrected chi connectivity index (χ3v) is 7.51. The standard InChI is InChI=1S/C29H26F2N6O3/c1-17-16-36(27-25-24(13-12-23(14-32)33-25)34(3)29(38)28(27)37(39)40)18(2)15-35(17)26(19-4-8-21(30)9-5-19)20-6-10-22(31)11-7-20/h4-13,17-18,26H,15-16H2,1-3H3/t17-,18+/m1/s1. The van der Waals surface area contributed by atoms with Gasteiger partial charge in [-0.1, -0.05) is 24.3 Å². The maximum absolute atomic E-state index is 13.8. The molecule has 0 unspecified atom stereocenters. The van der Waals surface area contributed by atoms with E-state index in [1.54, 1.807) is 30.3 Å². The van der Waals surface area contributed by atoms with Gasteiger partial charge in [0.1, 0.15) is 28.9 Å². The van der Waals surface area contributed by atoms with E-state index in [0.717, 1.165) is 11.1 Å². The van der Waals surface area contributed by atoms with E-state index in [2.05, 4.69) is 9.88 Å². The molecule has 0 aliphatic carbocycles. The summed E-state index contributed by atoms with van der Waals surface area (Å²) in [6, 6.07) is 16.4. The summed E-state index contributed by atoms with van der Waals surface area (Å²) in [6.45, 7) is 4.56. The second-order valence-corrected chi connectivity index (χ2v) is 10.0. The average molecular weight is 545 g/mol. The van der Waals surface area contributed by atoms with E-state index < -0.39 is 16.2 Å². The van der Waals surface area contributed by atoms with E-state index in [4.69, 9.17) is 0 Å². The maximum Gasteiger partial charge on any atom is 0.359 e. The van der Waals surface area contributed by atoms with Crippen molar-refractivity contribution in [2.75, 3.05) is 18.0 Å². The zero-order chi connectivity index (χ0) is 28.7. The third-order valence-electron chi connectivity index (χ3n) is 7.51. The van der Waals surface area contributed by atoms with Gasteiger partial charge in [-0.25, -0.2) is 13.8 Å². The summed E-state index contributed by atoms with van der Waals surface area (Å²) in [5.74, 6) is -0.746. The number of hydrogen-bond acceptors (Lipinski definition) is 7. The van der Waals surface area contributed by atoms with Gasteiger partial charge in [0.05, 0.1) is 16.5 Å². The highest BCUT2D eigenvalue weighted by Gasteiger charge is 2.39. The highest BCUT2D eigenvalue weighted by atomic mass is 19.1. The predicted octanol–water partition coefficient (Wildman–Crippen LogP) is 4.68. The summed E-state index contributed by atoms with van der Waals surface area (Å²) < 4.78 is 28.8. The molecule has 0 radical (unpaired) electrons. The van der Waals surface area contributed by atoms with Crippen LogP contribution in [-0.2, 0) is 7.05 Å². The number of pyridine rings is 2. The Labute approximate surface area is 228 Å². The van der Waals surface area contributed by atoms with Crippen LogP contribution in [0.15, 0.2) is 65.5 Å². The number of aromatic nitrogens is 2. The van der Waals surface area contributed by atoms with Crippen molar-refractivity contribution in [3.8, 4) is 6.07 Å². The molecule has 11 heteroatoms. The summed E-state index contributed by atoms with van der Waals surface area (Å²) in [5.41, 5.74) is 0.997. The van der Waals surface area contributed by atoms with Gasteiger partial charge >= 0.3 is 11.2 Å². The van der Waals surface area contributed by atoms with Crippen molar-refractivity contribution in [3.63, 3.8) is 0 Å². The molecule has 2 aromatic heterocycles. The molecule has 40 heavy (non-hydrogen) atoms. The van der Waals surface area contributed by atoms with Gasteiger partial charge in [-0.2, -0.15) is 5.26 Å². The van der Waals surface area contributed by atoms with Gasteiger partial charge in [0.2, 0.25) is 0 Å². The number of nitro groups is 1. The van der Waals surface area contributed by atoms with Gasteiger partial charge in [0.25, 0.3) is 0 Å². The molecule has 1 fully saturated rings. The maximum atomic E-state index is 13.8. The number of nitrogens with zero attached hydrogens (tertiary/aromatic N) is 6. The Morgan fingerprint density at radius 1 is 0.975 bits per heavy atom. The number of benzene rings is 2. The molecule has 1 saturated heterocycles. The van der Waals surface area contributed by atoms with Crippen molar-refractivity contribution < 1.29 is 13.7 Å². The van der Waals surface area contributed by atoms with Crippen LogP contribution in [-0.4, -0.2) is 44.5 Å². The quantitative estimate of drug-likeness (QED) is 0.265. The fraction of sp³-hybridized carbons (Fsp3) is 0.276. The van der Waals surface area contributed by atoms with Crippen molar-refractivity contribution in [1.29, 1.82) is 5.26 Å². The first-order valence-corrected chi connectivity index (χ1v) is 12.7. The molecule has 1 aliphatic heterocycles. The van der Waals surface area contributed by atoms with Gasteiger partial charge in [-0.05, 0) is 61.4 Å². The molecule has 204 valence electrons. The molecular weight excluding hydrogens is 518 g/mol. The van der Waals surface area contributed by atoms with Crippen LogP contribution in [0.1, 0.15) is 36.7 Å². The number of halogens is 2. The number of hydrogen-bond donors (Lipinski definition) is 0. The molecule has 9 nitrogen and oxygen atoms in total. The normalized spacial score (nSPS) is 17.8. The summed E-state index contributed by atoms with van der Waals surface area (Å²) in [6.07, 6.45) is 0. The molecule has 1 aliphatic rings. The van der Waals surface area contributed by atoms with E-state index in [9.17, 15) is 29.0 Å². The van der Waals surface area contributed by atoms with E-state index in [0.29, 0.717) is 18.6 Å². The second kappa shape index (κ2) is 10.5. The number of nitriles is 1. The van der Waals surface area contributed by atoms with Crippen LogP contribution in [0, 0.1) is 33.1 Å². The molecule has 4 aromatic rings. The van der Waals surface area contributed by atoms with Gasteiger partial charge < -0.3 is 9.47 Å². The van der Waals surface area contributed by atoms with Crippen LogP contribution in [0.4, 0.5) is 20.2 Å². The lowest BCUT2D eigenvalue weighted by Gasteiger charge is -2.48. The Balaban J connectivity index is 1.62. The zero-order valence-corrected chi connectivity index (χ0v) is 22.1. The lowest BCUT2D eigenvalue weighted by Crippen LogP contribution is -2.57. The van der Waals surface area contributed by atoms with Crippen molar-refractivity contribution in [1.82, 2.24) is 14.5 Å². The lowest BCUT2D eigenvalue weighted by molar-refractivity contribution is -0.385. The van der Waals surface area contributed by atoms with Crippen molar-refractivity contribution in [2.24, 2.45) is 7.05 Å².